The number of rotatable bonds is 5. The van der Waals surface area contributed by atoms with Crippen LogP contribution in [0.5, 0.6) is 5.75 Å². The van der Waals surface area contributed by atoms with Gasteiger partial charge in [-0.3, -0.25) is 14.9 Å². The first-order chi connectivity index (χ1) is 15.5. The Kier molecular flexibility index (Phi) is 5.40. The van der Waals surface area contributed by atoms with Crippen molar-refractivity contribution < 1.29 is 18.7 Å². The molecule has 0 aliphatic carbocycles. The van der Waals surface area contributed by atoms with Crippen LogP contribution < -0.4 is 10.1 Å². The highest BCUT2D eigenvalue weighted by Gasteiger charge is 2.25. The van der Waals surface area contributed by atoms with Crippen molar-refractivity contribution in [1.29, 1.82) is 0 Å². The summed E-state index contributed by atoms with van der Waals surface area (Å²) in [7, 11) is 0. The molecule has 3 aromatic rings. The topological polar surface area (TPSA) is 83.9 Å². The molecule has 9 heteroatoms. The van der Waals surface area contributed by atoms with Gasteiger partial charge in [0, 0.05) is 30.2 Å². The number of ether oxygens (including phenoxy) is 1. The highest BCUT2D eigenvalue weighted by Crippen LogP contribution is 2.32. The number of hydrogen-bond acceptors (Lipinski definition) is 6. The number of benzene rings is 2. The molecule has 0 saturated carbocycles. The molecule has 0 atom stereocenters. The number of aromatic nitrogens is 1. The Bertz CT molecular complexity index is 1220. The first-order valence-corrected chi connectivity index (χ1v) is 11.1. The fourth-order valence-corrected chi connectivity index (χ4v) is 4.34. The lowest BCUT2D eigenvalue weighted by Crippen LogP contribution is -2.36. The van der Waals surface area contributed by atoms with Crippen molar-refractivity contribution in [3.05, 3.63) is 64.8 Å². The number of fused-ring (bicyclic) bond motifs is 1. The van der Waals surface area contributed by atoms with Crippen LogP contribution in [0.15, 0.2) is 52.9 Å². The zero-order valence-electron chi connectivity index (χ0n) is 17.0. The number of hydrogen-bond donors (Lipinski definition) is 1. The first kappa shape index (κ1) is 20.3. The molecule has 0 fully saturated rings. The summed E-state index contributed by atoms with van der Waals surface area (Å²) in [6, 6.07) is 11.8. The molecular weight excluding hydrogens is 431 g/mol. The van der Waals surface area contributed by atoms with Crippen LogP contribution in [0.25, 0.3) is 11.3 Å². The minimum Gasteiger partial charge on any atom is -0.493 e. The second-order valence-electron chi connectivity index (χ2n) is 7.54. The lowest BCUT2D eigenvalue weighted by atomic mass is 10.1. The maximum atomic E-state index is 13.1. The van der Waals surface area contributed by atoms with E-state index in [0.717, 1.165) is 34.6 Å². The van der Waals surface area contributed by atoms with Gasteiger partial charge in [-0.25, -0.2) is 14.4 Å². The third kappa shape index (κ3) is 4.24. The number of nitrogens with one attached hydrogen (secondary N) is 1. The van der Waals surface area contributed by atoms with Gasteiger partial charge in [0.2, 0.25) is 5.91 Å². The molecule has 162 valence electrons. The Morgan fingerprint density at radius 1 is 1.16 bits per heavy atom. The fraction of sp³-hybridized carbons (Fsp3) is 0.217. The molecular formula is C23H19FN4O3S. The fourth-order valence-electron chi connectivity index (χ4n) is 3.63. The van der Waals surface area contributed by atoms with Crippen LogP contribution in [0, 0.1) is 5.82 Å². The van der Waals surface area contributed by atoms with Crippen molar-refractivity contribution in [2.75, 3.05) is 11.9 Å². The highest BCUT2D eigenvalue weighted by molar-refractivity contribution is 7.14. The quantitative estimate of drug-likeness (QED) is 0.637. The van der Waals surface area contributed by atoms with Gasteiger partial charge in [-0.15, -0.1) is 11.3 Å². The molecule has 2 aliphatic rings. The molecule has 0 spiro atoms. The van der Waals surface area contributed by atoms with E-state index < -0.39 is 0 Å². The van der Waals surface area contributed by atoms with Gasteiger partial charge in [-0.1, -0.05) is 12.1 Å². The van der Waals surface area contributed by atoms with Crippen molar-refractivity contribution in [1.82, 2.24) is 9.99 Å². The Morgan fingerprint density at radius 2 is 2.00 bits per heavy atom. The summed E-state index contributed by atoms with van der Waals surface area (Å²) in [5.41, 5.74) is 3.90. The molecule has 2 aromatic carbocycles. The number of nitrogens with zero attached hydrogens (tertiary/aromatic N) is 3. The third-order valence-corrected chi connectivity index (χ3v) is 6.08. The van der Waals surface area contributed by atoms with Crippen molar-refractivity contribution in [3.8, 4) is 17.0 Å². The number of amides is 2. The summed E-state index contributed by atoms with van der Waals surface area (Å²) in [5.74, 6) is -0.00117. The van der Waals surface area contributed by atoms with Gasteiger partial charge in [0.15, 0.2) is 5.13 Å². The number of thiazole rings is 1. The SMILES string of the molecule is O=C(Nc1nc(-c2ccc3c(c2)CCO3)cs1)C1=NN(Cc2ccc(F)cc2)C(=O)CC1. The van der Waals surface area contributed by atoms with E-state index in [-0.39, 0.29) is 42.7 Å². The van der Waals surface area contributed by atoms with Gasteiger partial charge in [-0.05, 0) is 41.5 Å². The summed E-state index contributed by atoms with van der Waals surface area (Å²) in [6.07, 6.45) is 1.32. The van der Waals surface area contributed by atoms with Gasteiger partial charge in [0.05, 0.1) is 18.8 Å². The Labute approximate surface area is 187 Å². The Balaban J connectivity index is 1.28. The predicted octanol–water partition coefficient (Wildman–Crippen LogP) is 4.00. The average Bonchev–Trinajstić information content (AvgIpc) is 3.45. The van der Waals surface area contributed by atoms with E-state index in [4.69, 9.17) is 4.74 Å². The lowest BCUT2D eigenvalue weighted by Gasteiger charge is -2.23. The van der Waals surface area contributed by atoms with E-state index in [1.54, 1.807) is 12.1 Å². The van der Waals surface area contributed by atoms with Crippen molar-refractivity contribution in [3.63, 3.8) is 0 Å². The normalized spacial score (nSPS) is 15.2. The van der Waals surface area contributed by atoms with Gasteiger partial charge < -0.3 is 4.74 Å². The van der Waals surface area contributed by atoms with Crippen molar-refractivity contribution >= 4 is 34.0 Å². The largest absolute Gasteiger partial charge is 0.493 e. The summed E-state index contributed by atoms with van der Waals surface area (Å²) >= 11 is 1.33. The van der Waals surface area contributed by atoms with E-state index >= 15 is 0 Å². The van der Waals surface area contributed by atoms with Crippen LogP contribution in [0.1, 0.15) is 24.0 Å². The molecule has 2 aliphatic heterocycles. The molecule has 0 saturated heterocycles. The maximum absolute atomic E-state index is 13.1. The van der Waals surface area contributed by atoms with Crippen LogP contribution in [-0.4, -0.2) is 34.1 Å². The zero-order chi connectivity index (χ0) is 22.1. The minimum absolute atomic E-state index is 0.178. The van der Waals surface area contributed by atoms with Crippen LogP contribution in [-0.2, 0) is 22.6 Å². The molecule has 0 radical (unpaired) electrons. The predicted molar refractivity (Wildman–Crippen MR) is 119 cm³/mol. The summed E-state index contributed by atoms with van der Waals surface area (Å²) in [4.78, 5) is 29.5. The maximum Gasteiger partial charge on any atom is 0.273 e. The molecule has 3 heterocycles. The number of anilines is 1. The minimum atomic E-state index is -0.384. The lowest BCUT2D eigenvalue weighted by molar-refractivity contribution is -0.132. The first-order valence-electron chi connectivity index (χ1n) is 10.2. The second kappa shape index (κ2) is 8.51. The highest BCUT2D eigenvalue weighted by atomic mass is 32.1. The van der Waals surface area contributed by atoms with E-state index in [2.05, 4.69) is 21.5 Å². The van der Waals surface area contributed by atoms with Gasteiger partial charge in [0.1, 0.15) is 17.3 Å². The Morgan fingerprint density at radius 3 is 2.84 bits per heavy atom. The number of carbonyl (C=O) groups excluding carboxylic acids is 2. The van der Waals surface area contributed by atoms with Crippen LogP contribution in [0.4, 0.5) is 9.52 Å². The number of carbonyl (C=O) groups is 2. The molecule has 32 heavy (non-hydrogen) atoms. The zero-order valence-corrected chi connectivity index (χ0v) is 17.8. The molecule has 5 rings (SSSR count). The summed E-state index contributed by atoms with van der Waals surface area (Å²) in [6.45, 7) is 0.874. The standard InChI is InChI=1S/C23H19FN4O3S/c24-17-4-1-14(2-5-17)12-28-21(29)8-6-18(27-28)22(30)26-23-25-19(13-32-23)15-3-7-20-16(11-15)9-10-31-20/h1-5,7,11,13H,6,8-10,12H2,(H,25,26,30). The molecule has 1 N–H and O–H groups in total. The van der Waals surface area contributed by atoms with Crippen LogP contribution in [0.3, 0.4) is 0 Å². The van der Waals surface area contributed by atoms with Crippen molar-refractivity contribution in [2.24, 2.45) is 5.10 Å². The average molecular weight is 450 g/mol. The number of halogens is 1. The number of hydrazone groups is 1. The second-order valence-corrected chi connectivity index (χ2v) is 8.40. The van der Waals surface area contributed by atoms with E-state index in [1.165, 1.54) is 28.5 Å². The monoisotopic (exact) mass is 450 g/mol. The van der Waals surface area contributed by atoms with Crippen molar-refractivity contribution in [2.45, 2.75) is 25.8 Å². The van der Waals surface area contributed by atoms with E-state index in [0.29, 0.717) is 11.7 Å². The van der Waals surface area contributed by atoms with Crippen LogP contribution in [0.2, 0.25) is 0 Å². The molecule has 7 nitrogen and oxygen atoms in total. The third-order valence-electron chi connectivity index (χ3n) is 5.32. The Hall–Kier alpha value is -3.59. The molecule has 0 unspecified atom stereocenters. The van der Waals surface area contributed by atoms with Gasteiger partial charge in [-0.2, -0.15) is 5.10 Å². The molecule has 2 amide bonds. The van der Waals surface area contributed by atoms with E-state index in [9.17, 15) is 14.0 Å². The van der Waals surface area contributed by atoms with Crippen LogP contribution >= 0.6 is 11.3 Å². The van der Waals surface area contributed by atoms with Gasteiger partial charge in [0.25, 0.3) is 5.91 Å². The molecule has 0 bridgehead atoms. The van der Waals surface area contributed by atoms with E-state index in [1.807, 2.05) is 17.5 Å². The summed E-state index contributed by atoms with van der Waals surface area (Å²) in [5, 5.41) is 10.6. The molecule has 1 aromatic heterocycles. The van der Waals surface area contributed by atoms with Gasteiger partial charge >= 0.3 is 0 Å². The smallest absolute Gasteiger partial charge is 0.273 e. The summed E-state index contributed by atoms with van der Waals surface area (Å²) < 4.78 is 18.7.